The lowest BCUT2D eigenvalue weighted by atomic mass is 10.0. The minimum Gasteiger partial charge on any atom is -0.456 e. The van der Waals surface area contributed by atoms with Crippen LogP contribution in [-0.2, 0) is 0 Å². The highest BCUT2D eigenvalue weighted by molar-refractivity contribution is 6.36. The van der Waals surface area contributed by atoms with Crippen molar-refractivity contribution in [2.45, 2.75) is 0 Å². The SMILES string of the molecule is O=[N+]([O-])c1ccc(Oc2ccc([N+](=O)[O-])c(Cl)c2-c2ccccc2)c(-c2ccccc2)c1Cl. The van der Waals surface area contributed by atoms with Crippen LogP contribution < -0.4 is 4.74 Å². The highest BCUT2D eigenvalue weighted by atomic mass is 35.5. The third kappa shape index (κ3) is 4.37. The van der Waals surface area contributed by atoms with E-state index in [4.69, 9.17) is 27.9 Å². The first kappa shape index (κ1) is 22.3. The number of hydrogen-bond donors (Lipinski definition) is 0. The second-order valence-corrected chi connectivity index (χ2v) is 7.65. The van der Waals surface area contributed by atoms with Crippen molar-refractivity contribution in [3.63, 3.8) is 0 Å². The number of benzene rings is 4. The Balaban J connectivity index is 1.93. The van der Waals surface area contributed by atoms with Crippen LogP contribution >= 0.6 is 23.2 Å². The molecule has 33 heavy (non-hydrogen) atoms. The van der Waals surface area contributed by atoms with Crippen molar-refractivity contribution in [3.8, 4) is 33.8 Å². The van der Waals surface area contributed by atoms with E-state index in [1.807, 2.05) is 0 Å². The van der Waals surface area contributed by atoms with Gasteiger partial charge in [-0.25, -0.2) is 0 Å². The summed E-state index contributed by atoms with van der Waals surface area (Å²) in [4.78, 5) is 21.8. The Morgan fingerprint density at radius 3 is 1.27 bits per heavy atom. The average molecular weight is 481 g/mol. The van der Waals surface area contributed by atoms with E-state index in [0.717, 1.165) is 0 Å². The Morgan fingerprint density at radius 1 is 0.576 bits per heavy atom. The summed E-state index contributed by atoms with van der Waals surface area (Å²) in [6.45, 7) is 0. The topological polar surface area (TPSA) is 95.5 Å². The van der Waals surface area contributed by atoms with Crippen molar-refractivity contribution >= 4 is 34.6 Å². The van der Waals surface area contributed by atoms with Gasteiger partial charge in [-0.15, -0.1) is 0 Å². The monoisotopic (exact) mass is 480 g/mol. The predicted molar refractivity (Wildman–Crippen MR) is 127 cm³/mol. The Bertz CT molecular complexity index is 1260. The lowest BCUT2D eigenvalue weighted by molar-refractivity contribution is -0.384. The fraction of sp³-hybridized carbons (Fsp3) is 0. The summed E-state index contributed by atoms with van der Waals surface area (Å²) < 4.78 is 6.17. The number of ether oxygens (including phenoxy) is 1. The van der Waals surface area contributed by atoms with E-state index in [1.165, 1.54) is 24.3 Å². The van der Waals surface area contributed by atoms with E-state index in [2.05, 4.69) is 0 Å². The smallest absolute Gasteiger partial charge is 0.288 e. The molecule has 0 bridgehead atoms. The summed E-state index contributed by atoms with van der Waals surface area (Å²) in [5, 5.41) is 22.7. The van der Waals surface area contributed by atoms with Crippen LogP contribution in [0.15, 0.2) is 84.9 Å². The Hall–Kier alpha value is -3.94. The van der Waals surface area contributed by atoms with Crippen molar-refractivity contribution in [1.82, 2.24) is 0 Å². The fourth-order valence-electron chi connectivity index (χ4n) is 3.41. The highest BCUT2D eigenvalue weighted by Gasteiger charge is 2.25. The molecule has 0 N–H and O–H groups in total. The molecule has 0 radical (unpaired) electrons. The quantitative estimate of drug-likeness (QED) is 0.206. The molecule has 0 amide bonds. The minimum atomic E-state index is -0.573. The third-order valence-electron chi connectivity index (χ3n) is 4.90. The van der Waals surface area contributed by atoms with E-state index in [9.17, 15) is 20.2 Å². The molecule has 0 heterocycles. The molecule has 4 aromatic carbocycles. The first-order valence-corrected chi connectivity index (χ1v) is 10.4. The molecule has 0 atom stereocenters. The summed E-state index contributed by atoms with van der Waals surface area (Å²) in [6.07, 6.45) is 0. The number of rotatable bonds is 6. The molecule has 0 unspecified atom stereocenters. The maximum atomic E-state index is 11.5. The predicted octanol–water partition coefficient (Wildman–Crippen LogP) is 7.94. The molecule has 0 saturated carbocycles. The molecular formula is C24H14Cl2N2O5. The molecule has 4 rings (SSSR count). The first-order valence-electron chi connectivity index (χ1n) is 9.61. The van der Waals surface area contributed by atoms with E-state index < -0.39 is 9.85 Å². The summed E-state index contributed by atoms with van der Waals surface area (Å²) in [6, 6.07) is 23.1. The molecule has 0 fully saturated rings. The van der Waals surface area contributed by atoms with Crippen molar-refractivity contribution < 1.29 is 14.6 Å². The van der Waals surface area contributed by atoms with Crippen molar-refractivity contribution in [3.05, 3.63) is 115 Å². The zero-order valence-electron chi connectivity index (χ0n) is 16.8. The number of nitrogens with zero attached hydrogens (tertiary/aromatic N) is 2. The summed E-state index contributed by atoms with van der Waals surface area (Å²) in [5.41, 5.74) is 1.31. The summed E-state index contributed by atoms with van der Waals surface area (Å²) in [5.74, 6) is 0.470. The van der Waals surface area contributed by atoms with Gasteiger partial charge in [0.25, 0.3) is 11.4 Å². The van der Waals surface area contributed by atoms with Crippen LogP contribution in [0.3, 0.4) is 0 Å². The van der Waals surface area contributed by atoms with Gasteiger partial charge in [-0.05, 0) is 23.3 Å². The third-order valence-corrected chi connectivity index (χ3v) is 5.67. The largest absolute Gasteiger partial charge is 0.456 e. The molecule has 0 spiro atoms. The van der Waals surface area contributed by atoms with E-state index in [0.29, 0.717) is 22.3 Å². The molecule has 9 heteroatoms. The standard InChI is InChI=1S/C24H14Cl2N2O5/c25-23-17(27(29)30)11-13-19(21(23)15-7-3-1-4-8-15)33-20-14-12-18(28(31)32)24(26)22(20)16-9-5-2-6-10-16/h1-14H. The lowest BCUT2D eigenvalue weighted by Crippen LogP contribution is -1.97. The van der Waals surface area contributed by atoms with E-state index in [-0.39, 0.29) is 32.9 Å². The van der Waals surface area contributed by atoms with Crippen LogP contribution in [0.1, 0.15) is 0 Å². The van der Waals surface area contributed by atoms with Crippen molar-refractivity contribution in [2.75, 3.05) is 0 Å². The maximum Gasteiger partial charge on any atom is 0.288 e. The second-order valence-electron chi connectivity index (χ2n) is 6.89. The molecule has 7 nitrogen and oxygen atoms in total. The normalized spacial score (nSPS) is 10.6. The molecule has 0 aliphatic rings. The Kier molecular flexibility index (Phi) is 6.26. The van der Waals surface area contributed by atoms with Crippen LogP contribution in [0.4, 0.5) is 11.4 Å². The zero-order chi connectivity index (χ0) is 23.5. The van der Waals surface area contributed by atoms with Crippen molar-refractivity contribution in [1.29, 1.82) is 0 Å². The zero-order valence-corrected chi connectivity index (χ0v) is 18.3. The minimum absolute atomic E-state index is 0.0852. The fourth-order valence-corrected chi connectivity index (χ4v) is 4.08. The summed E-state index contributed by atoms with van der Waals surface area (Å²) in [7, 11) is 0. The molecular weight excluding hydrogens is 467 g/mol. The molecule has 4 aromatic rings. The first-order chi connectivity index (χ1) is 15.9. The van der Waals surface area contributed by atoms with Gasteiger partial charge in [0.1, 0.15) is 21.5 Å². The number of nitro groups is 2. The summed E-state index contributed by atoms with van der Waals surface area (Å²) >= 11 is 12.9. The Labute approximate surface area is 198 Å². The van der Waals surface area contributed by atoms with Crippen LogP contribution in [0.25, 0.3) is 22.3 Å². The van der Waals surface area contributed by atoms with Gasteiger partial charge >= 0.3 is 0 Å². The van der Waals surface area contributed by atoms with Gasteiger partial charge in [-0.1, -0.05) is 83.9 Å². The van der Waals surface area contributed by atoms with E-state index in [1.54, 1.807) is 60.7 Å². The highest BCUT2D eigenvalue weighted by Crippen LogP contribution is 2.47. The Morgan fingerprint density at radius 2 is 0.939 bits per heavy atom. The number of hydrogen-bond acceptors (Lipinski definition) is 5. The lowest BCUT2D eigenvalue weighted by Gasteiger charge is -2.17. The van der Waals surface area contributed by atoms with E-state index >= 15 is 0 Å². The van der Waals surface area contributed by atoms with Crippen LogP contribution in [-0.4, -0.2) is 9.85 Å². The van der Waals surface area contributed by atoms with Gasteiger partial charge in [0.05, 0.1) is 21.0 Å². The van der Waals surface area contributed by atoms with Gasteiger partial charge in [-0.3, -0.25) is 20.2 Å². The van der Waals surface area contributed by atoms with Crippen LogP contribution in [0.2, 0.25) is 10.0 Å². The van der Waals surface area contributed by atoms with Gasteiger partial charge in [0.2, 0.25) is 0 Å². The average Bonchev–Trinajstić information content (AvgIpc) is 2.80. The molecule has 0 aliphatic carbocycles. The number of nitro benzene ring substituents is 2. The van der Waals surface area contributed by atoms with Crippen LogP contribution in [0, 0.1) is 20.2 Å². The van der Waals surface area contributed by atoms with Crippen LogP contribution in [0.5, 0.6) is 11.5 Å². The van der Waals surface area contributed by atoms with Gasteiger partial charge in [-0.2, -0.15) is 0 Å². The van der Waals surface area contributed by atoms with Crippen molar-refractivity contribution in [2.24, 2.45) is 0 Å². The van der Waals surface area contributed by atoms with Gasteiger partial charge < -0.3 is 4.74 Å². The molecule has 0 aliphatic heterocycles. The van der Waals surface area contributed by atoms with Gasteiger partial charge in [0.15, 0.2) is 0 Å². The van der Waals surface area contributed by atoms with Gasteiger partial charge in [0, 0.05) is 12.1 Å². The molecule has 0 saturated heterocycles. The maximum absolute atomic E-state index is 11.5. The number of halogens is 2. The second kappa shape index (κ2) is 9.28. The molecule has 164 valence electrons. The molecule has 0 aromatic heterocycles.